The second kappa shape index (κ2) is 7.09. The van der Waals surface area contributed by atoms with Crippen molar-refractivity contribution in [1.29, 1.82) is 0 Å². The van der Waals surface area contributed by atoms with E-state index in [1.165, 1.54) is 18.3 Å². The van der Waals surface area contributed by atoms with Crippen LogP contribution in [0.4, 0.5) is 4.79 Å². The van der Waals surface area contributed by atoms with E-state index in [-0.39, 0.29) is 31.8 Å². The van der Waals surface area contributed by atoms with Gasteiger partial charge in [0.2, 0.25) is 9.84 Å². The largest absolute Gasteiger partial charge is 0.443 e. The van der Waals surface area contributed by atoms with Crippen molar-refractivity contribution in [1.82, 2.24) is 9.55 Å². The number of nitrogens with one attached hydrogen (secondary N) is 1. The van der Waals surface area contributed by atoms with Crippen LogP contribution in [0.1, 0.15) is 26.3 Å². The van der Waals surface area contributed by atoms with Gasteiger partial charge in [-0.15, -0.1) is 0 Å². The quantitative estimate of drug-likeness (QED) is 0.500. The monoisotopic (exact) mass is 438 g/mol. The molecule has 0 unspecified atom stereocenters. The number of nitrogens with zero attached hydrogens (tertiary/aromatic N) is 1. The number of sulfone groups is 1. The number of hydrogen-bond donors (Lipinski definition) is 1. The van der Waals surface area contributed by atoms with E-state index in [0.29, 0.717) is 5.39 Å². The number of aromatic amines is 1. The minimum atomic E-state index is -4.05. The molecule has 0 aliphatic carbocycles. The highest BCUT2D eigenvalue weighted by Gasteiger charge is 2.29. The van der Waals surface area contributed by atoms with Crippen molar-refractivity contribution < 1.29 is 17.9 Å². The molecule has 4 aromatic rings. The first-order chi connectivity index (χ1) is 14.5. The average molecular weight is 439 g/mol. The van der Waals surface area contributed by atoms with Crippen molar-refractivity contribution in [3.05, 3.63) is 70.5 Å². The second-order valence-corrected chi connectivity index (χ2v) is 10.2. The molecule has 2 aromatic heterocycles. The SMILES string of the molecule is Cc1ccc(S(=O)(=O)c2[nH]cc3c(=O)c4ccccc4n(C(=O)OC(C)(C)C)c23)cc1. The molecule has 4 rings (SSSR count). The molecule has 0 aliphatic heterocycles. The van der Waals surface area contributed by atoms with Crippen molar-refractivity contribution in [3.63, 3.8) is 0 Å². The van der Waals surface area contributed by atoms with Crippen LogP contribution >= 0.6 is 0 Å². The Hall–Kier alpha value is -3.39. The molecular formula is C23H22N2O5S. The molecular weight excluding hydrogens is 416 g/mol. The van der Waals surface area contributed by atoms with Gasteiger partial charge in [0, 0.05) is 11.6 Å². The Bertz CT molecular complexity index is 1490. The number of H-pyrrole nitrogens is 1. The highest BCUT2D eigenvalue weighted by atomic mass is 32.2. The first kappa shape index (κ1) is 20.9. The molecule has 0 amide bonds. The average Bonchev–Trinajstić information content (AvgIpc) is 3.13. The molecule has 0 aliphatic rings. The molecule has 0 atom stereocenters. The number of benzene rings is 2. The molecule has 8 heteroatoms. The number of aromatic nitrogens is 2. The Labute approximate surface area is 179 Å². The first-order valence-corrected chi connectivity index (χ1v) is 11.2. The lowest BCUT2D eigenvalue weighted by Crippen LogP contribution is -2.29. The zero-order valence-electron chi connectivity index (χ0n) is 17.6. The van der Waals surface area contributed by atoms with Gasteiger partial charge in [0.05, 0.1) is 15.8 Å². The molecule has 0 fully saturated rings. The number of hydrogen-bond acceptors (Lipinski definition) is 5. The number of aryl methyl sites for hydroxylation is 1. The summed E-state index contributed by atoms with van der Waals surface area (Å²) in [4.78, 5) is 29.1. The Morgan fingerprint density at radius 3 is 2.29 bits per heavy atom. The minimum absolute atomic E-state index is 0.0291. The number of pyridine rings is 1. The van der Waals surface area contributed by atoms with Crippen LogP contribution in [0.3, 0.4) is 0 Å². The lowest BCUT2D eigenvalue weighted by atomic mass is 10.1. The second-order valence-electron chi connectivity index (χ2n) is 8.36. The third-order valence-electron chi connectivity index (χ3n) is 4.85. The molecule has 7 nitrogen and oxygen atoms in total. The molecule has 1 N–H and O–H groups in total. The number of carbonyl (C=O) groups excluding carboxylic acids is 1. The van der Waals surface area contributed by atoms with Crippen molar-refractivity contribution in [2.75, 3.05) is 0 Å². The summed E-state index contributed by atoms with van der Waals surface area (Å²) in [6, 6.07) is 12.9. The number of ether oxygens (including phenoxy) is 1. The zero-order chi connectivity index (χ0) is 22.6. The summed E-state index contributed by atoms with van der Waals surface area (Å²) in [6.45, 7) is 7.00. The van der Waals surface area contributed by atoms with Gasteiger partial charge in [-0.3, -0.25) is 4.79 Å². The van der Waals surface area contributed by atoms with Gasteiger partial charge in [-0.2, -0.15) is 0 Å². The van der Waals surface area contributed by atoms with E-state index in [9.17, 15) is 18.0 Å². The van der Waals surface area contributed by atoms with E-state index in [2.05, 4.69) is 4.98 Å². The summed E-state index contributed by atoms with van der Waals surface area (Å²) in [6.07, 6.45) is 0.556. The minimum Gasteiger partial charge on any atom is -0.443 e. The maximum atomic E-state index is 13.4. The van der Waals surface area contributed by atoms with Crippen LogP contribution in [0.2, 0.25) is 0 Å². The van der Waals surface area contributed by atoms with Crippen LogP contribution in [-0.2, 0) is 14.6 Å². The van der Waals surface area contributed by atoms with Crippen molar-refractivity contribution in [2.45, 2.75) is 43.2 Å². The highest BCUT2D eigenvalue weighted by Crippen LogP contribution is 2.30. The predicted molar refractivity (Wildman–Crippen MR) is 118 cm³/mol. The highest BCUT2D eigenvalue weighted by molar-refractivity contribution is 7.91. The van der Waals surface area contributed by atoms with Gasteiger partial charge >= 0.3 is 6.09 Å². The molecule has 0 saturated heterocycles. The van der Waals surface area contributed by atoms with Crippen LogP contribution in [0, 0.1) is 6.92 Å². The van der Waals surface area contributed by atoms with E-state index >= 15 is 0 Å². The van der Waals surface area contributed by atoms with E-state index in [0.717, 1.165) is 10.1 Å². The molecule has 0 saturated carbocycles. The van der Waals surface area contributed by atoms with E-state index in [1.54, 1.807) is 57.2 Å². The molecule has 0 bridgehead atoms. The van der Waals surface area contributed by atoms with Crippen molar-refractivity contribution >= 4 is 37.7 Å². The Morgan fingerprint density at radius 1 is 1.00 bits per heavy atom. The van der Waals surface area contributed by atoms with Crippen LogP contribution in [0.15, 0.2) is 69.4 Å². The van der Waals surface area contributed by atoms with E-state index < -0.39 is 21.5 Å². The zero-order valence-corrected chi connectivity index (χ0v) is 18.4. The normalized spacial score (nSPS) is 12.4. The fraction of sp³-hybridized carbons (Fsp3) is 0.217. The van der Waals surface area contributed by atoms with Gasteiger partial charge in [0.1, 0.15) is 11.1 Å². The van der Waals surface area contributed by atoms with E-state index in [4.69, 9.17) is 4.74 Å². The third-order valence-corrected chi connectivity index (χ3v) is 6.59. The van der Waals surface area contributed by atoms with Gasteiger partial charge in [0.25, 0.3) is 0 Å². The first-order valence-electron chi connectivity index (χ1n) is 9.70. The van der Waals surface area contributed by atoms with Gasteiger partial charge in [0.15, 0.2) is 10.5 Å². The maximum absolute atomic E-state index is 13.4. The van der Waals surface area contributed by atoms with E-state index in [1.807, 2.05) is 6.92 Å². The summed E-state index contributed by atoms with van der Waals surface area (Å²) < 4.78 is 33.6. The fourth-order valence-corrected chi connectivity index (χ4v) is 4.86. The molecule has 31 heavy (non-hydrogen) atoms. The number of carbonyl (C=O) groups is 1. The number of rotatable bonds is 2. The van der Waals surface area contributed by atoms with Crippen molar-refractivity contribution in [3.8, 4) is 0 Å². The summed E-state index contributed by atoms with van der Waals surface area (Å²) >= 11 is 0. The molecule has 2 aromatic carbocycles. The fourth-order valence-electron chi connectivity index (χ4n) is 3.46. The number of fused-ring (bicyclic) bond motifs is 2. The van der Waals surface area contributed by atoms with Gasteiger partial charge in [-0.05, 0) is 52.0 Å². The number of para-hydroxylation sites is 1. The lowest BCUT2D eigenvalue weighted by molar-refractivity contribution is 0.0550. The predicted octanol–water partition coefficient (Wildman–Crippen LogP) is 4.41. The summed E-state index contributed by atoms with van der Waals surface area (Å²) in [5.74, 6) is 0. The molecule has 2 heterocycles. The molecule has 0 spiro atoms. The topological polar surface area (TPSA) is 98.2 Å². The smallest absolute Gasteiger partial charge is 0.419 e. The third kappa shape index (κ3) is 3.53. The van der Waals surface area contributed by atoms with Crippen LogP contribution in [-0.4, -0.2) is 29.7 Å². The Balaban J connectivity index is 2.11. The summed E-state index contributed by atoms with van der Waals surface area (Å²) in [5.41, 5.74) is -0.0355. The summed E-state index contributed by atoms with van der Waals surface area (Å²) in [7, 11) is -4.05. The Morgan fingerprint density at radius 2 is 1.65 bits per heavy atom. The van der Waals surface area contributed by atoms with Crippen molar-refractivity contribution in [2.24, 2.45) is 0 Å². The standard InChI is InChI=1S/C23H22N2O5S/c1-14-9-11-15(12-10-14)31(28,29)21-19-17(13-24-21)20(26)16-7-5-6-8-18(16)25(19)22(27)30-23(2,3)4/h5-13,24H,1-4H3. The van der Waals surface area contributed by atoms with Crippen LogP contribution < -0.4 is 5.43 Å². The van der Waals surface area contributed by atoms with Crippen LogP contribution in [0.25, 0.3) is 21.8 Å². The Kier molecular flexibility index (Phi) is 4.77. The maximum Gasteiger partial charge on any atom is 0.419 e. The van der Waals surface area contributed by atoms with Gasteiger partial charge in [-0.25, -0.2) is 17.8 Å². The van der Waals surface area contributed by atoms with Gasteiger partial charge < -0.3 is 9.72 Å². The van der Waals surface area contributed by atoms with Gasteiger partial charge in [-0.1, -0.05) is 29.8 Å². The summed E-state index contributed by atoms with van der Waals surface area (Å²) in [5, 5.41) is 0.148. The molecule has 0 radical (unpaired) electrons. The van der Waals surface area contributed by atoms with Crippen LogP contribution in [0.5, 0.6) is 0 Å². The lowest BCUT2D eigenvalue weighted by Gasteiger charge is -2.22. The molecule has 160 valence electrons.